The van der Waals surface area contributed by atoms with Gasteiger partial charge in [-0.2, -0.15) is 0 Å². The zero-order valence-electron chi connectivity index (χ0n) is 26.2. The van der Waals surface area contributed by atoms with Crippen LogP contribution < -0.4 is 20.1 Å². The molecule has 1 aliphatic heterocycles. The zero-order chi connectivity index (χ0) is 30.6. The highest BCUT2D eigenvalue weighted by Gasteiger charge is 2.30. The summed E-state index contributed by atoms with van der Waals surface area (Å²) in [5, 5.41) is 6.33. The topological polar surface area (TPSA) is 97.0 Å². The van der Waals surface area contributed by atoms with Crippen LogP contribution in [0.15, 0.2) is 42.5 Å². The lowest BCUT2D eigenvalue weighted by molar-refractivity contribution is -0.131. The summed E-state index contributed by atoms with van der Waals surface area (Å²) in [6.07, 6.45) is 3.51. The number of rotatable bonds is 15. The molecule has 0 radical (unpaired) electrons. The monoisotopic (exact) mass is 583 g/mol. The molecule has 2 aromatic rings. The number of carbonyl (C=O) groups is 3. The fraction of sp³-hybridized carbons (Fsp3) is 0.559. The summed E-state index contributed by atoms with van der Waals surface area (Å²) in [5.41, 5.74) is 2.57. The molecular weight excluding hydrogens is 530 g/mol. The molecule has 2 N–H and O–H groups in total. The molecule has 2 aromatic carbocycles. The normalized spacial score (nSPS) is 15.9. The van der Waals surface area contributed by atoms with E-state index in [2.05, 4.69) is 24.5 Å². The van der Waals surface area contributed by atoms with Crippen molar-refractivity contribution >= 4 is 17.6 Å². The maximum absolute atomic E-state index is 13.3. The quantitative estimate of drug-likeness (QED) is 0.273. The van der Waals surface area contributed by atoms with Crippen molar-refractivity contribution in [3.05, 3.63) is 59.2 Å². The second kappa shape index (κ2) is 16.3. The predicted molar refractivity (Wildman–Crippen MR) is 170 cm³/mol. The van der Waals surface area contributed by atoms with Gasteiger partial charge in [0.05, 0.1) is 26.3 Å². The van der Waals surface area contributed by atoms with Crippen LogP contribution in [-0.4, -0.2) is 61.9 Å². The number of ketones is 1. The van der Waals surface area contributed by atoms with Crippen LogP contribution in [0.5, 0.6) is 11.5 Å². The first-order valence-corrected chi connectivity index (χ1v) is 15.4. The lowest BCUT2D eigenvalue weighted by Crippen LogP contribution is -2.47. The average Bonchev–Trinajstić information content (AvgIpc) is 3.01. The molecule has 8 nitrogen and oxygen atoms in total. The molecule has 0 bridgehead atoms. The van der Waals surface area contributed by atoms with Crippen LogP contribution in [0.1, 0.15) is 90.6 Å². The summed E-state index contributed by atoms with van der Waals surface area (Å²) >= 11 is 0. The van der Waals surface area contributed by atoms with Gasteiger partial charge in [0.15, 0.2) is 5.78 Å². The fourth-order valence-electron chi connectivity index (χ4n) is 5.69. The predicted octanol–water partition coefficient (Wildman–Crippen LogP) is 5.84. The summed E-state index contributed by atoms with van der Waals surface area (Å²) in [4.78, 5) is 41.3. The first kappa shape index (κ1) is 33.1. The van der Waals surface area contributed by atoms with Crippen molar-refractivity contribution < 1.29 is 26.7 Å². The third-order valence-corrected chi connectivity index (χ3v) is 8.24. The highest BCUT2D eigenvalue weighted by Crippen LogP contribution is 2.28. The van der Waals surface area contributed by atoms with Crippen LogP contribution in [0.4, 0.5) is 0 Å². The Hall–Kier alpha value is -3.39. The van der Waals surface area contributed by atoms with E-state index >= 15 is 0 Å². The number of hydrogen-bond acceptors (Lipinski definition) is 6. The number of nitrogens with zero attached hydrogens (tertiary/aromatic N) is 1. The fourth-order valence-corrected chi connectivity index (χ4v) is 5.69. The van der Waals surface area contributed by atoms with E-state index in [9.17, 15) is 14.4 Å². The van der Waals surface area contributed by atoms with Gasteiger partial charge in [-0.3, -0.25) is 14.4 Å². The lowest BCUT2D eigenvalue weighted by atomic mass is 9.86. The molecule has 0 saturated carbocycles. The van der Waals surface area contributed by atoms with Crippen LogP contribution in [0.3, 0.4) is 0 Å². The second-order valence-electron chi connectivity index (χ2n) is 11.4. The number of nitrogens with one attached hydrogen (secondary N) is 2. The maximum atomic E-state index is 13.3. The smallest absolute Gasteiger partial charge is 0.251 e. The molecule has 0 aliphatic carbocycles. The van der Waals surface area contributed by atoms with Gasteiger partial charge < -0.3 is 25.0 Å². The van der Waals surface area contributed by atoms with Gasteiger partial charge in [0, 0.05) is 51.5 Å². The Bertz CT molecular complexity index is 1210. The number of hydrogen-bond donors (Lipinski definition) is 2. The van der Waals surface area contributed by atoms with Crippen LogP contribution in [0.2, 0.25) is 0 Å². The van der Waals surface area contributed by atoms with Crippen molar-refractivity contribution in [1.82, 2.24) is 15.5 Å². The van der Waals surface area contributed by atoms with Crippen LogP contribution in [0, 0.1) is 11.8 Å². The summed E-state index contributed by atoms with van der Waals surface area (Å²) in [6.45, 7) is 12.4. The van der Waals surface area contributed by atoms with Crippen LogP contribution in [-0.2, 0) is 16.1 Å². The molecule has 3 rings (SSSR count). The Balaban J connectivity index is 0.00000484. The van der Waals surface area contributed by atoms with Crippen molar-refractivity contribution in [2.45, 2.75) is 78.8 Å². The van der Waals surface area contributed by atoms with Crippen LogP contribution in [0.25, 0.3) is 0 Å². The molecule has 2 amide bonds. The molecule has 8 heteroatoms. The largest absolute Gasteiger partial charge is 0.497 e. The van der Waals surface area contributed by atoms with Crippen molar-refractivity contribution in [3.8, 4) is 11.5 Å². The van der Waals surface area contributed by atoms with Gasteiger partial charge in [-0.1, -0.05) is 58.7 Å². The minimum absolute atomic E-state index is 0. The number of Topliss-reactive ketones (excluding diaryl/α,β-unsaturated/α-hetero) is 1. The van der Waals surface area contributed by atoms with Gasteiger partial charge in [0.25, 0.3) is 5.91 Å². The standard InChI is InChI=1S/C34H49N3O5.2H2/c1-7-24(8-2)32(33(39)23(4)5)36-34(40)26-13-10-12-25(18-26)28-14-11-17-37(22-28)31(38)21-35-20-27-15-16-29(41-6)19-30(27)42-9-3;;/h10,12-13,15-16,18-19,23-24,28,32,35H,7-9,11,14,17,20-22H2,1-6H3,(H,36,40);2*1H/t28?,32-;;/m1../s1. The van der Waals surface area contributed by atoms with E-state index in [1.165, 1.54) is 0 Å². The average molecular weight is 584 g/mol. The Labute approximate surface area is 254 Å². The van der Waals surface area contributed by atoms with E-state index in [1.807, 2.05) is 62.1 Å². The molecule has 1 fully saturated rings. The van der Waals surface area contributed by atoms with Crippen molar-refractivity contribution in [2.75, 3.05) is 33.4 Å². The van der Waals surface area contributed by atoms with E-state index < -0.39 is 6.04 Å². The molecule has 0 spiro atoms. The van der Waals surface area contributed by atoms with Crippen LogP contribution >= 0.6 is 0 Å². The molecule has 1 unspecified atom stereocenters. The highest BCUT2D eigenvalue weighted by molar-refractivity contribution is 5.98. The van der Waals surface area contributed by atoms with E-state index in [1.54, 1.807) is 13.2 Å². The van der Waals surface area contributed by atoms with Gasteiger partial charge in [-0.15, -0.1) is 0 Å². The van der Waals surface area contributed by atoms with Gasteiger partial charge in [-0.05, 0) is 49.4 Å². The van der Waals surface area contributed by atoms with E-state index in [-0.39, 0.29) is 44.7 Å². The zero-order valence-corrected chi connectivity index (χ0v) is 26.2. The maximum Gasteiger partial charge on any atom is 0.251 e. The number of benzene rings is 2. The number of ether oxygens (including phenoxy) is 2. The Kier molecular flexibility index (Phi) is 12.9. The molecule has 1 saturated heterocycles. The lowest BCUT2D eigenvalue weighted by Gasteiger charge is -2.33. The van der Waals surface area contributed by atoms with Crippen molar-refractivity contribution in [1.29, 1.82) is 0 Å². The number of likely N-dealkylation sites (tertiary alicyclic amines) is 1. The van der Waals surface area contributed by atoms with Gasteiger partial charge >= 0.3 is 0 Å². The third-order valence-electron chi connectivity index (χ3n) is 8.24. The summed E-state index contributed by atoms with van der Waals surface area (Å²) in [7, 11) is 1.62. The second-order valence-corrected chi connectivity index (χ2v) is 11.4. The van der Waals surface area contributed by atoms with E-state index in [4.69, 9.17) is 9.47 Å². The van der Waals surface area contributed by atoms with E-state index in [0.717, 1.165) is 54.9 Å². The summed E-state index contributed by atoms with van der Waals surface area (Å²) < 4.78 is 11.0. The molecule has 0 aromatic heterocycles. The SMILES string of the molecule is CCOc1cc(OC)ccc1CNCC(=O)N1CCCC(c2cccc(C(=O)N[C@@H](C(=O)C(C)C)C(CC)CC)c2)C1.[HH].[HH]. The summed E-state index contributed by atoms with van der Waals surface area (Å²) in [6, 6.07) is 12.9. The molecule has 2 atom stereocenters. The van der Waals surface area contributed by atoms with E-state index in [0.29, 0.717) is 25.3 Å². The Morgan fingerprint density at radius 1 is 1.07 bits per heavy atom. The van der Waals surface area contributed by atoms with Gasteiger partial charge in [0.1, 0.15) is 11.5 Å². The Morgan fingerprint density at radius 3 is 2.50 bits per heavy atom. The van der Waals surface area contributed by atoms with Gasteiger partial charge in [-0.25, -0.2) is 0 Å². The minimum Gasteiger partial charge on any atom is -0.497 e. The molecule has 42 heavy (non-hydrogen) atoms. The molecule has 234 valence electrons. The first-order valence-electron chi connectivity index (χ1n) is 15.4. The third kappa shape index (κ3) is 8.81. The number of methoxy groups -OCH3 is 1. The van der Waals surface area contributed by atoms with Crippen molar-refractivity contribution in [2.24, 2.45) is 11.8 Å². The highest BCUT2D eigenvalue weighted by atomic mass is 16.5. The summed E-state index contributed by atoms with van der Waals surface area (Å²) in [5.74, 6) is 1.49. The minimum atomic E-state index is -0.492. The first-order chi connectivity index (χ1) is 20.2. The number of piperidine rings is 1. The van der Waals surface area contributed by atoms with Gasteiger partial charge in [0.2, 0.25) is 5.91 Å². The Morgan fingerprint density at radius 2 is 1.83 bits per heavy atom. The molecular formula is C34H53N3O5. The number of amides is 2. The number of carbonyl (C=O) groups excluding carboxylic acids is 3. The van der Waals surface area contributed by atoms with Crippen molar-refractivity contribution in [3.63, 3.8) is 0 Å². The molecule has 1 heterocycles. The molecule has 1 aliphatic rings.